The van der Waals surface area contributed by atoms with E-state index in [1.54, 1.807) is 41.3 Å². The normalized spacial score (nSPS) is 15.6. The van der Waals surface area contributed by atoms with Gasteiger partial charge < -0.3 is 10.2 Å². The quantitative estimate of drug-likeness (QED) is 0.316. The van der Waals surface area contributed by atoms with E-state index in [1.807, 2.05) is 0 Å². The third kappa shape index (κ3) is 5.79. The van der Waals surface area contributed by atoms with Crippen molar-refractivity contribution in [2.45, 2.75) is 19.8 Å². The second-order valence-electron chi connectivity index (χ2n) is 6.48. The Labute approximate surface area is 194 Å². The minimum absolute atomic E-state index is 0.103. The van der Waals surface area contributed by atoms with Crippen LogP contribution >= 0.6 is 46.4 Å². The van der Waals surface area contributed by atoms with E-state index in [0.717, 1.165) is 12.8 Å². The van der Waals surface area contributed by atoms with Crippen LogP contribution in [0.3, 0.4) is 0 Å². The summed E-state index contributed by atoms with van der Waals surface area (Å²) in [5, 5.41) is 7.57. The Morgan fingerprint density at radius 1 is 1.07 bits per heavy atom. The average molecular weight is 487 g/mol. The number of hydrogen-bond acceptors (Lipinski definition) is 2. The van der Waals surface area contributed by atoms with Crippen LogP contribution in [0.4, 0.5) is 11.4 Å². The fourth-order valence-electron chi connectivity index (χ4n) is 2.65. The monoisotopic (exact) mass is 485 g/mol. The third-order valence-electron chi connectivity index (χ3n) is 4.18. The lowest BCUT2D eigenvalue weighted by Gasteiger charge is -2.18. The molecule has 0 radical (unpaired) electrons. The molecule has 0 saturated carbocycles. The molecular weight excluding hydrogens is 468 g/mol. The maximum Gasteiger partial charge on any atom is 0.246 e. The molecule has 0 atom stereocenters. The molecule has 6 nitrogen and oxygen atoms in total. The molecule has 0 spiro atoms. The minimum Gasteiger partial charge on any atom is -0.324 e. The summed E-state index contributed by atoms with van der Waals surface area (Å²) >= 11 is 24.2. The van der Waals surface area contributed by atoms with Gasteiger partial charge in [-0.25, -0.2) is 0 Å². The first-order valence-electron chi connectivity index (χ1n) is 9.25. The van der Waals surface area contributed by atoms with E-state index in [2.05, 4.69) is 27.5 Å². The number of unbranched alkanes of at least 4 members (excludes halogenated alkanes) is 1. The molecular formula is C20H19Cl4N5O. The molecule has 1 saturated heterocycles. The van der Waals surface area contributed by atoms with E-state index in [4.69, 9.17) is 46.4 Å². The molecule has 0 bridgehead atoms. The molecule has 30 heavy (non-hydrogen) atoms. The van der Waals surface area contributed by atoms with E-state index >= 15 is 0 Å². The summed E-state index contributed by atoms with van der Waals surface area (Å²) in [5.74, 6) is 0.479. The average Bonchev–Trinajstić information content (AvgIpc) is 3.07. The fourth-order valence-corrected chi connectivity index (χ4v) is 3.24. The van der Waals surface area contributed by atoms with Gasteiger partial charge in [0.05, 0.1) is 20.1 Å². The van der Waals surface area contributed by atoms with E-state index in [-0.39, 0.29) is 12.5 Å². The summed E-state index contributed by atoms with van der Waals surface area (Å²) in [7, 11) is 0. The van der Waals surface area contributed by atoms with Crippen molar-refractivity contribution >= 4 is 75.6 Å². The Balaban J connectivity index is 1.92. The second-order valence-corrected chi connectivity index (χ2v) is 8.11. The Hall–Kier alpha value is -1.99. The van der Waals surface area contributed by atoms with Crippen molar-refractivity contribution in [3.63, 3.8) is 0 Å². The van der Waals surface area contributed by atoms with E-state index in [9.17, 15) is 4.79 Å². The Kier molecular flexibility index (Phi) is 7.83. The van der Waals surface area contributed by atoms with Gasteiger partial charge in [0.2, 0.25) is 17.8 Å². The highest BCUT2D eigenvalue weighted by molar-refractivity contribution is 6.42. The van der Waals surface area contributed by atoms with Gasteiger partial charge in [-0.1, -0.05) is 59.7 Å². The SMILES string of the molecule is CCCCN=C(N=C1NC(=O)CN1c1ccc(Cl)c(Cl)c1)Nc1ccc(Cl)c(Cl)c1. The van der Waals surface area contributed by atoms with Crippen LogP contribution in [0, 0.1) is 0 Å². The highest BCUT2D eigenvalue weighted by atomic mass is 35.5. The van der Waals surface area contributed by atoms with Crippen LogP contribution in [0.2, 0.25) is 20.1 Å². The zero-order valence-electron chi connectivity index (χ0n) is 16.1. The number of hydrogen-bond donors (Lipinski definition) is 2. The molecule has 10 heteroatoms. The predicted octanol–water partition coefficient (Wildman–Crippen LogP) is 5.86. The number of anilines is 2. The van der Waals surface area contributed by atoms with Crippen molar-refractivity contribution in [1.82, 2.24) is 5.32 Å². The summed E-state index contributed by atoms with van der Waals surface area (Å²) in [5.41, 5.74) is 1.36. The van der Waals surface area contributed by atoms with Crippen molar-refractivity contribution in [3.8, 4) is 0 Å². The van der Waals surface area contributed by atoms with Gasteiger partial charge in [0, 0.05) is 17.9 Å². The molecule has 1 heterocycles. The van der Waals surface area contributed by atoms with Crippen molar-refractivity contribution in [3.05, 3.63) is 56.5 Å². The summed E-state index contributed by atoms with van der Waals surface area (Å²) in [6, 6.07) is 10.3. The number of rotatable bonds is 5. The molecule has 0 aromatic heterocycles. The van der Waals surface area contributed by atoms with E-state index < -0.39 is 0 Å². The molecule has 1 aliphatic rings. The van der Waals surface area contributed by atoms with E-state index in [1.165, 1.54) is 0 Å². The van der Waals surface area contributed by atoms with Gasteiger partial charge in [0.25, 0.3) is 0 Å². The summed E-state index contributed by atoms with van der Waals surface area (Å²) < 4.78 is 0. The molecule has 0 aliphatic carbocycles. The molecule has 3 rings (SSSR count). The fraction of sp³-hybridized carbons (Fsp3) is 0.250. The lowest BCUT2D eigenvalue weighted by atomic mass is 10.3. The summed E-state index contributed by atoms with van der Waals surface area (Å²) in [4.78, 5) is 22.9. The van der Waals surface area contributed by atoms with Gasteiger partial charge in [-0.3, -0.25) is 15.1 Å². The largest absolute Gasteiger partial charge is 0.324 e. The number of aliphatic imine (C=N–C) groups is 2. The smallest absolute Gasteiger partial charge is 0.246 e. The first-order chi connectivity index (χ1) is 14.4. The van der Waals surface area contributed by atoms with Gasteiger partial charge in [0.1, 0.15) is 6.54 Å². The Bertz CT molecular complexity index is 1010. The van der Waals surface area contributed by atoms with Crippen LogP contribution in [-0.4, -0.2) is 30.9 Å². The molecule has 1 fully saturated rings. The number of amides is 1. The molecule has 2 N–H and O–H groups in total. The van der Waals surface area contributed by atoms with Gasteiger partial charge in [0.15, 0.2) is 0 Å². The van der Waals surface area contributed by atoms with Gasteiger partial charge in [-0.05, 0) is 42.8 Å². The highest BCUT2D eigenvalue weighted by Gasteiger charge is 2.27. The Morgan fingerprint density at radius 3 is 2.43 bits per heavy atom. The van der Waals surface area contributed by atoms with Crippen LogP contribution in [0.1, 0.15) is 19.8 Å². The van der Waals surface area contributed by atoms with E-state index in [0.29, 0.717) is 49.9 Å². The Morgan fingerprint density at radius 2 is 1.77 bits per heavy atom. The molecule has 1 aliphatic heterocycles. The molecule has 2 aromatic carbocycles. The number of nitrogens with zero attached hydrogens (tertiary/aromatic N) is 3. The van der Waals surface area contributed by atoms with Gasteiger partial charge in [-0.15, -0.1) is 0 Å². The number of nitrogens with one attached hydrogen (secondary N) is 2. The molecule has 158 valence electrons. The number of guanidine groups is 2. The lowest BCUT2D eigenvalue weighted by molar-refractivity contribution is -0.117. The number of carbonyl (C=O) groups is 1. The van der Waals surface area contributed by atoms with Crippen LogP contribution in [-0.2, 0) is 4.79 Å². The van der Waals surface area contributed by atoms with Crippen LogP contribution in [0.15, 0.2) is 46.4 Å². The summed E-state index contributed by atoms with van der Waals surface area (Å²) in [6.45, 7) is 2.76. The third-order valence-corrected chi connectivity index (χ3v) is 5.66. The zero-order chi connectivity index (χ0) is 21.7. The first kappa shape index (κ1) is 22.7. The van der Waals surface area contributed by atoms with Crippen molar-refractivity contribution in [2.24, 2.45) is 9.98 Å². The molecule has 0 unspecified atom stereocenters. The lowest BCUT2D eigenvalue weighted by Crippen LogP contribution is -2.32. The molecule has 1 amide bonds. The van der Waals surface area contributed by atoms with Crippen molar-refractivity contribution in [1.29, 1.82) is 0 Å². The van der Waals surface area contributed by atoms with Gasteiger partial charge in [-0.2, -0.15) is 4.99 Å². The summed E-state index contributed by atoms with van der Waals surface area (Å²) in [6.07, 6.45) is 1.90. The van der Waals surface area contributed by atoms with Crippen LogP contribution in [0.5, 0.6) is 0 Å². The maximum atomic E-state index is 12.1. The molecule has 2 aromatic rings. The van der Waals surface area contributed by atoms with Gasteiger partial charge >= 0.3 is 0 Å². The van der Waals surface area contributed by atoms with Crippen molar-refractivity contribution in [2.75, 3.05) is 23.3 Å². The highest BCUT2D eigenvalue weighted by Crippen LogP contribution is 2.28. The standard InChI is InChI=1S/C20H19Cl4N5O/c1-2-3-8-25-19(26-12-4-6-14(21)16(23)9-12)28-20-27-18(30)11-29(20)13-5-7-15(22)17(24)10-13/h4-7,9-10H,2-3,8,11H2,1H3,(H2,25,26,27,28,30). The number of carbonyl (C=O) groups excluding carboxylic acids is 1. The topological polar surface area (TPSA) is 69.1 Å². The predicted molar refractivity (Wildman–Crippen MR) is 127 cm³/mol. The first-order valence-corrected chi connectivity index (χ1v) is 10.8. The number of benzene rings is 2. The maximum absolute atomic E-state index is 12.1. The number of halogens is 4. The van der Waals surface area contributed by atoms with Crippen LogP contribution in [0.25, 0.3) is 0 Å². The van der Waals surface area contributed by atoms with Crippen molar-refractivity contribution < 1.29 is 4.79 Å². The second kappa shape index (κ2) is 10.4. The minimum atomic E-state index is -0.192. The zero-order valence-corrected chi connectivity index (χ0v) is 19.1. The van der Waals surface area contributed by atoms with Crippen LogP contribution < -0.4 is 15.5 Å².